The Kier molecular flexibility index (Phi) is 6.06. The normalized spacial score (nSPS) is 14.3. The van der Waals surface area contributed by atoms with Crippen LogP contribution in [0.15, 0.2) is 54.7 Å². The summed E-state index contributed by atoms with van der Waals surface area (Å²) >= 11 is 0. The number of aryl methyl sites for hydroxylation is 1. The van der Waals surface area contributed by atoms with Gasteiger partial charge < -0.3 is 14.6 Å². The van der Waals surface area contributed by atoms with Gasteiger partial charge in [0.2, 0.25) is 0 Å². The maximum absolute atomic E-state index is 11.5. The van der Waals surface area contributed by atoms with Gasteiger partial charge in [0.1, 0.15) is 5.75 Å². The third kappa shape index (κ3) is 4.66. The van der Waals surface area contributed by atoms with Gasteiger partial charge in [-0.1, -0.05) is 30.7 Å². The highest BCUT2D eigenvalue weighted by Gasteiger charge is 2.28. The number of hydrogen-bond donors (Lipinski definition) is 1. The average molecular weight is 475 g/mol. The minimum absolute atomic E-state index is 0.0680. The van der Waals surface area contributed by atoms with Crippen LogP contribution in [0.1, 0.15) is 38.8 Å². The number of aromatic nitrogens is 4. The standard InChI is InChI=1S/C27H30N4O4/c1-27(2,26(32)33)35-17-21-14-24(19-9-5-11-22(13-19)34-16-18-7-4-8-18)31(29-21)23-12-6-10-20-15-28-30(3)25(20)23/h5-6,9-15,18H,4,7-8,16-17H2,1-3H3,(H,32,33). The third-order valence-electron chi connectivity index (χ3n) is 6.66. The first kappa shape index (κ1) is 23.1. The van der Waals surface area contributed by atoms with Crippen molar-refractivity contribution in [1.82, 2.24) is 19.6 Å². The lowest BCUT2D eigenvalue weighted by Crippen LogP contribution is -2.34. The lowest BCUT2D eigenvalue weighted by atomic mass is 9.86. The second-order valence-corrected chi connectivity index (χ2v) is 9.66. The van der Waals surface area contributed by atoms with Crippen LogP contribution < -0.4 is 4.74 Å². The number of carboxylic acid groups (broad SMARTS) is 1. The van der Waals surface area contributed by atoms with Crippen molar-refractivity contribution in [3.63, 3.8) is 0 Å². The molecule has 5 rings (SSSR count). The van der Waals surface area contributed by atoms with Gasteiger partial charge in [-0.05, 0) is 56.9 Å². The zero-order chi connectivity index (χ0) is 24.6. The second kappa shape index (κ2) is 9.19. The first-order valence-electron chi connectivity index (χ1n) is 11.9. The smallest absolute Gasteiger partial charge is 0.335 e. The molecule has 8 heteroatoms. The lowest BCUT2D eigenvalue weighted by molar-refractivity contribution is -0.162. The van der Waals surface area contributed by atoms with Crippen LogP contribution in [0, 0.1) is 5.92 Å². The van der Waals surface area contributed by atoms with Gasteiger partial charge in [0.25, 0.3) is 0 Å². The average Bonchev–Trinajstić information content (AvgIpc) is 3.41. The molecule has 182 valence electrons. The van der Waals surface area contributed by atoms with Crippen LogP contribution in [-0.4, -0.2) is 42.8 Å². The summed E-state index contributed by atoms with van der Waals surface area (Å²) in [7, 11) is 1.91. The van der Waals surface area contributed by atoms with Gasteiger partial charge in [-0.2, -0.15) is 10.2 Å². The van der Waals surface area contributed by atoms with E-state index in [1.54, 1.807) is 0 Å². The molecule has 1 N–H and O–H groups in total. The van der Waals surface area contributed by atoms with E-state index in [1.165, 1.54) is 33.1 Å². The summed E-state index contributed by atoms with van der Waals surface area (Å²) in [5, 5.41) is 19.7. The Hall–Kier alpha value is -3.65. The van der Waals surface area contributed by atoms with Crippen molar-refractivity contribution in [2.24, 2.45) is 13.0 Å². The van der Waals surface area contributed by atoms with E-state index in [0.29, 0.717) is 11.6 Å². The monoisotopic (exact) mass is 474 g/mol. The molecule has 0 spiro atoms. The maximum atomic E-state index is 11.5. The van der Waals surface area contributed by atoms with Gasteiger partial charge >= 0.3 is 5.97 Å². The fraction of sp³-hybridized carbons (Fsp3) is 0.370. The number of fused-ring (bicyclic) bond motifs is 1. The van der Waals surface area contributed by atoms with E-state index < -0.39 is 11.6 Å². The highest BCUT2D eigenvalue weighted by molar-refractivity contribution is 5.87. The number of rotatable bonds is 9. The molecule has 1 fully saturated rings. The molecule has 8 nitrogen and oxygen atoms in total. The van der Waals surface area contributed by atoms with Crippen LogP contribution >= 0.6 is 0 Å². The van der Waals surface area contributed by atoms with Crippen molar-refractivity contribution in [2.45, 2.75) is 45.3 Å². The predicted molar refractivity (Wildman–Crippen MR) is 133 cm³/mol. The first-order valence-corrected chi connectivity index (χ1v) is 11.9. The fourth-order valence-electron chi connectivity index (χ4n) is 4.21. The molecule has 0 saturated heterocycles. The Morgan fingerprint density at radius 1 is 1.17 bits per heavy atom. The topological polar surface area (TPSA) is 91.4 Å². The SMILES string of the molecule is Cn1ncc2cccc(-n3nc(COC(C)(C)C(=O)O)cc3-c3cccc(OCC4CCC4)c3)c21. The van der Waals surface area contributed by atoms with Crippen molar-refractivity contribution in [1.29, 1.82) is 0 Å². The summed E-state index contributed by atoms with van der Waals surface area (Å²) in [5.41, 5.74) is 2.95. The quantitative estimate of drug-likeness (QED) is 0.368. The highest BCUT2D eigenvalue weighted by atomic mass is 16.5. The summed E-state index contributed by atoms with van der Waals surface area (Å²) in [6, 6.07) is 16.0. The Labute approximate surface area is 204 Å². The molecule has 4 aromatic rings. The van der Waals surface area contributed by atoms with Crippen molar-refractivity contribution in [3.8, 4) is 22.7 Å². The Morgan fingerprint density at radius 3 is 2.71 bits per heavy atom. The van der Waals surface area contributed by atoms with Crippen LogP contribution in [0.4, 0.5) is 0 Å². The molecule has 35 heavy (non-hydrogen) atoms. The lowest BCUT2D eigenvalue weighted by Gasteiger charge is -2.25. The van der Waals surface area contributed by atoms with E-state index in [0.717, 1.165) is 40.2 Å². The summed E-state index contributed by atoms with van der Waals surface area (Å²) < 4.78 is 15.5. The molecule has 2 aromatic heterocycles. The van der Waals surface area contributed by atoms with E-state index in [4.69, 9.17) is 14.6 Å². The molecular formula is C27H30N4O4. The van der Waals surface area contributed by atoms with Gasteiger partial charge in [-0.3, -0.25) is 4.68 Å². The van der Waals surface area contributed by atoms with Crippen molar-refractivity contribution in [3.05, 3.63) is 60.4 Å². The minimum Gasteiger partial charge on any atom is -0.493 e. The molecule has 1 saturated carbocycles. The van der Waals surface area contributed by atoms with Gasteiger partial charge in [0, 0.05) is 18.0 Å². The summed E-state index contributed by atoms with van der Waals surface area (Å²) in [6.45, 7) is 3.87. The van der Waals surface area contributed by atoms with Gasteiger partial charge in [0.15, 0.2) is 5.60 Å². The summed E-state index contributed by atoms with van der Waals surface area (Å²) in [4.78, 5) is 11.5. The van der Waals surface area contributed by atoms with E-state index in [1.807, 2.05) is 71.1 Å². The molecule has 0 atom stereocenters. The zero-order valence-electron chi connectivity index (χ0n) is 20.3. The molecule has 1 aliphatic rings. The number of carbonyl (C=O) groups is 1. The molecule has 0 unspecified atom stereocenters. The number of benzene rings is 2. The van der Waals surface area contributed by atoms with Crippen LogP contribution in [0.25, 0.3) is 27.8 Å². The van der Waals surface area contributed by atoms with Crippen LogP contribution in [0.5, 0.6) is 5.75 Å². The molecule has 2 heterocycles. The number of carboxylic acids is 1. The molecule has 0 bridgehead atoms. The van der Waals surface area contributed by atoms with Crippen LogP contribution in [-0.2, 0) is 23.2 Å². The number of nitrogens with zero attached hydrogens (tertiary/aromatic N) is 4. The zero-order valence-corrected chi connectivity index (χ0v) is 20.3. The van der Waals surface area contributed by atoms with Gasteiger partial charge in [0.05, 0.1) is 42.0 Å². The van der Waals surface area contributed by atoms with Crippen LogP contribution in [0.2, 0.25) is 0 Å². The Balaban J connectivity index is 1.54. The molecular weight excluding hydrogens is 444 g/mol. The van der Waals surface area contributed by atoms with Crippen molar-refractivity contribution in [2.75, 3.05) is 6.61 Å². The maximum Gasteiger partial charge on any atom is 0.335 e. The van der Waals surface area contributed by atoms with Crippen molar-refractivity contribution >= 4 is 16.9 Å². The molecule has 0 radical (unpaired) electrons. The third-order valence-corrected chi connectivity index (χ3v) is 6.66. The Bertz CT molecular complexity index is 1370. The second-order valence-electron chi connectivity index (χ2n) is 9.66. The predicted octanol–water partition coefficient (Wildman–Crippen LogP) is 4.98. The number of para-hydroxylation sites is 1. The van der Waals surface area contributed by atoms with Crippen molar-refractivity contribution < 1.29 is 19.4 Å². The molecule has 0 aliphatic heterocycles. The van der Waals surface area contributed by atoms with Gasteiger partial charge in [-0.25, -0.2) is 9.48 Å². The first-order chi connectivity index (χ1) is 16.8. The van der Waals surface area contributed by atoms with E-state index in [2.05, 4.69) is 5.10 Å². The molecule has 0 amide bonds. The molecule has 1 aliphatic carbocycles. The largest absolute Gasteiger partial charge is 0.493 e. The fourth-order valence-corrected chi connectivity index (χ4v) is 4.21. The summed E-state index contributed by atoms with van der Waals surface area (Å²) in [6.07, 6.45) is 5.58. The number of ether oxygens (including phenoxy) is 2. The summed E-state index contributed by atoms with van der Waals surface area (Å²) in [5.74, 6) is 0.451. The van der Waals surface area contributed by atoms with E-state index in [9.17, 15) is 9.90 Å². The minimum atomic E-state index is -1.32. The molecule has 2 aromatic carbocycles. The Morgan fingerprint density at radius 2 is 1.97 bits per heavy atom. The van der Waals surface area contributed by atoms with Crippen LogP contribution in [0.3, 0.4) is 0 Å². The van der Waals surface area contributed by atoms with E-state index >= 15 is 0 Å². The highest BCUT2D eigenvalue weighted by Crippen LogP contribution is 2.32. The number of hydrogen-bond acceptors (Lipinski definition) is 5. The van der Waals surface area contributed by atoms with E-state index in [-0.39, 0.29) is 6.61 Å². The van der Waals surface area contributed by atoms with Gasteiger partial charge in [-0.15, -0.1) is 0 Å². The number of aliphatic carboxylic acids is 1.